The number of hydrogen-bond acceptors (Lipinski definition) is 4. The van der Waals surface area contributed by atoms with Gasteiger partial charge >= 0.3 is 5.97 Å². The third-order valence-corrected chi connectivity index (χ3v) is 5.08. The number of carbonyl (C=O) groups excluding carboxylic acids is 1. The Morgan fingerprint density at radius 1 is 1.40 bits per heavy atom. The quantitative estimate of drug-likeness (QED) is 0.785. The van der Waals surface area contributed by atoms with Crippen LogP contribution in [0.15, 0.2) is 0 Å². The molecule has 4 nitrogen and oxygen atoms in total. The van der Waals surface area contributed by atoms with Gasteiger partial charge in [0.05, 0.1) is 6.61 Å². The van der Waals surface area contributed by atoms with Crippen LogP contribution in [0.3, 0.4) is 0 Å². The summed E-state index contributed by atoms with van der Waals surface area (Å²) < 4.78 is 5.19. The van der Waals surface area contributed by atoms with Crippen molar-refractivity contribution in [3.05, 3.63) is 0 Å². The van der Waals surface area contributed by atoms with E-state index in [2.05, 4.69) is 18.7 Å². The lowest BCUT2D eigenvalue weighted by Gasteiger charge is -2.30. The first kappa shape index (κ1) is 15.8. The van der Waals surface area contributed by atoms with E-state index < -0.39 is 5.54 Å². The average molecular weight is 282 g/mol. The van der Waals surface area contributed by atoms with Gasteiger partial charge in [0.2, 0.25) is 0 Å². The van der Waals surface area contributed by atoms with Crippen LogP contribution in [-0.2, 0) is 9.53 Å². The Balaban J connectivity index is 1.87. The lowest BCUT2D eigenvalue weighted by Crippen LogP contribution is -2.52. The van der Waals surface area contributed by atoms with E-state index in [0.717, 1.165) is 38.8 Å². The van der Waals surface area contributed by atoms with Gasteiger partial charge in [-0.25, -0.2) is 0 Å². The molecule has 116 valence electrons. The van der Waals surface area contributed by atoms with Crippen LogP contribution >= 0.6 is 0 Å². The van der Waals surface area contributed by atoms with E-state index in [-0.39, 0.29) is 11.9 Å². The molecule has 1 aliphatic carbocycles. The van der Waals surface area contributed by atoms with E-state index in [0.29, 0.717) is 12.0 Å². The molecule has 2 N–H and O–H groups in total. The molecule has 1 aliphatic heterocycles. The fourth-order valence-electron chi connectivity index (χ4n) is 3.79. The largest absolute Gasteiger partial charge is 0.465 e. The van der Waals surface area contributed by atoms with Gasteiger partial charge in [-0.2, -0.15) is 0 Å². The van der Waals surface area contributed by atoms with Crippen LogP contribution in [0.2, 0.25) is 0 Å². The van der Waals surface area contributed by atoms with E-state index in [4.69, 9.17) is 10.5 Å². The fraction of sp³-hybridized carbons (Fsp3) is 0.938. The van der Waals surface area contributed by atoms with Crippen molar-refractivity contribution in [2.45, 2.75) is 58.4 Å². The SMILES string of the molecule is CCOC(=O)C1(N)CCCC1CCN1CCC(C)(C)C1. The van der Waals surface area contributed by atoms with Crippen LogP contribution in [-0.4, -0.2) is 42.6 Å². The topological polar surface area (TPSA) is 55.6 Å². The number of nitrogens with two attached hydrogens (primary N) is 1. The average Bonchev–Trinajstić information content (AvgIpc) is 2.91. The monoisotopic (exact) mass is 282 g/mol. The first-order chi connectivity index (χ1) is 9.37. The number of nitrogens with zero attached hydrogens (tertiary/aromatic N) is 1. The van der Waals surface area contributed by atoms with Crippen molar-refractivity contribution < 1.29 is 9.53 Å². The van der Waals surface area contributed by atoms with Crippen molar-refractivity contribution >= 4 is 5.97 Å². The molecule has 2 atom stereocenters. The summed E-state index contributed by atoms with van der Waals surface area (Å²) in [5, 5.41) is 0. The second-order valence-electron chi connectivity index (χ2n) is 7.33. The highest BCUT2D eigenvalue weighted by Gasteiger charge is 2.46. The standard InChI is InChI=1S/C16H30N2O2/c1-4-20-14(19)16(17)8-5-6-13(16)7-10-18-11-9-15(2,3)12-18/h13H,4-12,17H2,1-3H3. The van der Waals surface area contributed by atoms with Gasteiger partial charge in [0.15, 0.2) is 0 Å². The lowest BCUT2D eigenvalue weighted by molar-refractivity contribution is -0.151. The lowest BCUT2D eigenvalue weighted by atomic mass is 9.85. The van der Waals surface area contributed by atoms with Crippen molar-refractivity contribution in [3.8, 4) is 0 Å². The van der Waals surface area contributed by atoms with Crippen molar-refractivity contribution in [2.24, 2.45) is 17.1 Å². The Morgan fingerprint density at radius 2 is 2.15 bits per heavy atom. The highest BCUT2D eigenvalue weighted by Crippen LogP contribution is 2.38. The molecule has 0 radical (unpaired) electrons. The smallest absolute Gasteiger partial charge is 0.326 e. The molecule has 20 heavy (non-hydrogen) atoms. The summed E-state index contributed by atoms with van der Waals surface area (Å²) in [6.07, 6.45) is 5.18. The molecule has 2 unspecified atom stereocenters. The molecular formula is C16H30N2O2. The van der Waals surface area contributed by atoms with Crippen LogP contribution in [0, 0.1) is 11.3 Å². The third-order valence-electron chi connectivity index (χ3n) is 5.08. The predicted molar refractivity (Wildman–Crippen MR) is 80.3 cm³/mol. The normalized spacial score (nSPS) is 33.5. The highest BCUT2D eigenvalue weighted by molar-refractivity contribution is 5.81. The zero-order valence-corrected chi connectivity index (χ0v) is 13.3. The molecule has 1 saturated carbocycles. The van der Waals surface area contributed by atoms with Crippen molar-refractivity contribution in [3.63, 3.8) is 0 Å². The Labute approximate surface area is 123 Å². The number of hydrogen-bond donors (Lipinski definition) is 1. The summed E-state index contributed by atoms with van der Waals surface area (Å²) >= 11 is 0. The minimum absolute atomic E-state index is 0.191. The maximum atomic E-state index is 12.1. The first-order valence-corrected chi connectivity index (χ1v) is 8.06. The van der Waals surface area contributed by atoms with Gasteiger partial charge in [-0.3, -0.25) is 4.79 Å². The van der Waals surface area contributed by atoms with Crippen LogP contribution in [0.1, 0.15) is 52.9 Å². The molecule has 0 amide bonds. The van der Waals surface area contributed by atoms with Gasteiger partial charge in [-0.15, -0.1) is 0 Å². The molecule has 2 fully saturated rings. The number of carbonyl (C=O) groups is 1. The Hall–Kier alpha value is -0.610. The number of ether oxygens (including phenoxy) is 1. The van der Waals surface area contributed by atoms with E-state index in [1.54, 1.807) is 0 Å². The summed E-state index contributed by atoms with van der Waals surface area (Å²) in [6.45, 7) is 10.3. The third kappa shape index (κ3) is 3.34. The van der Waals surface area contributed by atoms with Gasteiger partial charge in [-0.1, -0.05) is 20.3 Å². The molecule has 2 aliphatic rings. The number of esters is 1. The number of likely N-dealkylation sites (tertiary alicyclic amines) is 1. The van der Waals surface area contributed by atoms with Gasteiger partial charge in [-0.05, 0) is 57.0 Å². The summed E-state index contributed by atoms with van der Waals surface area (Å²) in [7, 11) is 0. The van der Waals surface area contributed by atoms with Crippen LogP contribution in [0.4, 0.5) is 0 Å². The zero-order chi connectivity index (χ0) is 14.8. The molecule has 0 aromatic rings. The van der Waals surface area contributed by atoms with E-state index >= 15 is 0 Å². The molecule has 1 heterocycles. The van der Waals surface area contributed by atoms with Crippen LogP contribution < -0.4 is 5.73 Å². The Morgan fingerprint density at radius 3 is 2.75 bits per heavy atom. The van der Waals surface area contributed by atoms with Crippen molar-refractivity contribution in [2.75, 3.05) is 26.2 Å². The molecule has 0 aromatic carbocycles. The second kappa shape index (κ2) is 6.02. The fourth-order valence-corrected chi connectivity index (χ4v) is 3.79. The van der Waals surface area contributed by atoms with Crippen LogP contribution in [0.5, 0.6) is 0 Å². The summed E-state index contributed by atoms with van der Waals surface area (Å²) in [4.78, 5) is 14.6. The van der Waals surface area contributed by atoms with E-state index in [1.807, 2.05) is 6.92 Å². The number of rotatable bonds is 5. The van der Waals surface area contributed by atoms with Gasteiger partial charge < -0.3 is 15.4 Å². The van der Waals surface area contributed by atoms with E-state index in [9.17, 15) is 4.79 Å². The minimum atomic E-state index is -0.731. The maximum Gasteiger partial charge on any atom is 0.326 e. The predicted octanol–water partition coefficient (Wildman–Crippen LogP) is 2.17. The molecule has 0 aromatic heterocycles. The van der Waals surface area contributed by atoms with Crippen molar-refractivity contribution in [1.29, 1.82) is 0 Å². The summed E-state index contributed by atoms with van der Waals surface area (Å²) in [5.74, 6) is 0.0921. The Kier molecular flexibility index (Phi) is 4.75. The second-order valence-corrected chi connectivity index (χ2v) is 7.33. The molecule has 2 rings (SSSR count). The van der Waals surface area contributed by atoms with Gasteiger partial charge in [0.25, 0.3) is 0 Å². The Bertz CT molecular complexity index is 356. The van der Waals surface area contributed by atoms with Gasteiger partial charge in [0.1, 0.15) is 5.54 Å². The molecule has 0 bridgehead atoms. The van der Waals surface area contributed by atoms with E-state index in [1.165, 1.54) is 13.0 Å². The minimum Gasteiger partial charge on any atom is -0.465 e. The summed E-state index contributed by atoms with van der Waals surface area (Å²) in [6, 6.07) is 0. The zero-order valence-electron chi connectivity index (χ0n) is 13.3. The molecule has 4 heteroatoms. The molecular weight excluding hydrogens is 252 g/mol. The van der Waals surface area contributed by atoms with Gasteiger partial charge in [0, 0.05) is 6.54 Å². The van der Waals surface area contributed by atoms with Crippen LogP contribution in [0.25, 0.3) is 0 Å². The molecule has 0 spiro atoms. The van der Waals surface area contributed by atoms with Crippen molar-refractivity contribution in [1.82, 2.24) is 4.90 Å². The molecule has 1 saturated heterocycles. The summed E-state index contributed by atoms with van der Waals surface area (Å²) in [5.41, 5.74) is 6.09. The maximum absolute atomic E-state index is 12.1. The highest BCUT2D eigenvalue weighted by atomic mass is 16.5. The first-order valence-electron chi connectivity index (χ1n) is 8.06.